The van der Waals surface area contributed by atoms with Crippen LogP contribution in [0.15, 0.2) is 36.4 Å². The highest BCUT2D eigenvalue weighted by molar-refractivity contribution is 7.92. The first kappa shape index (κ1) is 26.5. The molecule has 0 aliphatic carbocycles. The van der Waals surface area contributed by atoms with Crippen LogP contribution in [0.5, 0.6) is 11.5 Å². The Hall–Kier alpha value is -2.74. The average Bonchev–Trinajstić information content (AvgIpc) is 2.75. The van der Waals surface area contributed by atoms with Crippen molar-refractivity contribution < 1.29 is 22.7 Å². The fourth-order valence-electron chi connectivity index (χ4n) is 4.01. The first-order chi connectivity index (χ1) is 15.4. The molecule has 0 unspecified atom stereocenters. The zero-order valence-electron chi connectivity index (χ0n) is 20.8. The van der Waals surface area contributed by atoms with Gasteiger partial charge in [-0.3, -0.25) is 9.10 Å². The molecular weight excluding hydrogens is 440 g/mol. The maximum absolute atomic E-state index is 13.4. The van der Waals surface area contributed by atoms with Gasteiger partial charge in [0.05, 0.1) is 32.2 Å². The number of anilines is 1. The monoisotopic (exact) mass is 476 g/mol. The highest BCUT2D eigenvalue weighted by Gasteiger charge is 2.32. The van der Waals surface area contributed by atoms with E-state index in [1.807, 2.05) is 19.9 Å². The van der Waals surface area contributed by atoms with Gasteiger partial charge in [-0.05, 0) is 67.1 Å². The number of nitrogens with zero attached hydrogens (tertiary/aromatic N) is 1. The van der Waals surface area contributed by atoms with Gasteiger partial charge in [-0.15, -0.1) is 0 Å². The number of hydrogen-bond acceptors (Lipinski definition) is 5. The van der Waals surface area contributed by atoms with Gasteiger partial charge in [0.2, 0.25) is 15.9 Å². The lowest BCUT2D eigenvalue weighted by atomic mass is 9.93. The Balaban J connectivity index is 2.40. The van der Waals surface area contributed by atoms with E-state index in [1.54, 1.807) is 38.3 Å². The molecule has 1 amide bonds. The van der Waals surface area contributed by atoms with Crippen molar-refractivity contribution >= 4 is 21.6 Å². The van der Waals surface area contributed by atoms with E-state index in [-0.39, 0.29) is 17.9 Å². The molecule has 2 aromatic rings. The summed E-state index contributed by atoms with van der Waals surface area (Å²) in [6, 6.07) is 9.51. The number of aryl methyl sites for hydroxylation is 1. The summed E-state index contributed by atoms with van der Waals surface area (Å²) >= 11 is 0. The van der Waals surface area contributed by atoms with E-state index in [2.05, 4.69) is 25.2 Å². The van der Waals surface area contributed by atoms with Crippen molar-refractivity contribution in [2.75, 3.05) is 24.8 Å². The lowest BCUT2D eigenvalue weighted by Crippen LogP contribution is -2.49. The highest BCUT2D eigenvalue weighted by Crippen LogP contribution is 2.32. The molecule has 8 heteroatoms. The first-order valence-corrected chi connectivity index (χ1v) is 12.9. The summed E-state index contributed by atoms with van der Waals surface area (Å²) in [7, 11) is -0.574. The minimum absolute atomic E-state index is 0.249. The maximum Gasteiger partial charge on any atom is 0.244 e. The number of ether oxygens (including phenoxy) is 2. The van der Waals surface area contributed by atoms with E-state index in [1.165, 1.54) is 7.11 Å². The number of rotatable bonds is 10. The quantitative estimate of drug-likeness (QED) is 0.543. The van der Waals surface area contributed by atoms with Gasteiger partial charge in [0, 0.05) is 6.07 Å². The maximum atomic E-state index is 13.4. The molecule has 0 aliphatic rings. The number of hydrogen-bond donors (Lipinski definition) is 1. The number of sulfonamides is 1. The minimum atomic E-state index is -3.73. The standard InChI is InChI=1S/C25H36N2O5S/c1-9-23(27(33(8,29)30)19-11-10-12-20(14-19)31-6)25(28)26-18(5)22-15-21(16(2)3)24(32-7)13-17(22)4/h10-16,18,23H,9H2,1-8H3,(H,26,28)/t18-,23+/m1/s1. The van der Waals surface area contributed by atoms with Crippen LogP contribution < -0.4 is 19.1 Å². The predicted molar refractivity (Wildman–Crippen MR) is 133 cm³/mol. The van der Waals surface area contributed by atoms with Crippen molar-refractivity contribution in [3.63, 3.8) is 0 Å². The number of carbonyl (C=O) groups is 1. The van der Waals surface area contributed by atoms with Gasteiger partial charge < -0.3 is 14.8 Å². The summed E-state index contributed by atoms with van der Waals surface area (Å²) in [6.07, 6.45) is 1.41. The van der Waals surface area contributed by atoms with Crippen molar-refractivity contribution in [3.05, 3.63) is 53.1 Å². The van der Waals surface area contributed by atoms with Crippen LogP contribution >= 0.6 is 0 Å². The smallest absolute Gasteiger partial charge is 0.244 e. The van der Waals surface area contributed by atoms with E-state index >= 15 is 0 Å². The molecule has 0 aromatic heterocycles. The van der Waals surface area contributed by atoms with Crippen molar-refractivity contribution in [2.45, 2.75) is 59.0 Å². The SMILES string of the molecule is CC[C@@H](C(=O)N[C@H](C)c1cc(C(C)C)c(OC)cc1C)N(c1cccc(OC)c1)S(C)(=O)=O. The molecule has 7 nitrogen and oxygen atoms in total. The average molecular weight is 477 g/mol. The van der Waals surface area contributed by atoms with Gasteiger partial charge in [-0.2, -0.15) is 0 Å². The Morgan fingerprint density at radius 1 is 1.06 bits per heavy atom. The molecule has 0 saturated heterocycles. The third-order valence-corrected chi connectivity index (χ3v) is 6.88. The third kappa shape index (κ3) is 6.19. The summed E-state index contributed by atoms with van der Waals surface area (Å²) in [4.78, 5) is 13.4. The molecule has 0 radical (unpaired) electrons. The molecule has 0 aliphatic heterocycles. The Labute approximate surface area is 198 Å². The van der Waals surface area contributed by atoms with E-state index in [0.29, 0.717) is 17.9 Å². The Kier molecular flexibility index (Phi) is 8.77. The molecule has 0 saturated carbocycles. The largest absolute Gasteiger partial charge is 0.497 e. The van der Waals surface area contributed by atoms with Crippen molar-refractivity contribution in [1.82, 2.24) is 5.32 Å². The van der Waals surface area contributed by atoms with Crippen molar-refractivity contribution in [2.24, 2.45) is 0 Å². The summed E-state index contributed by atoms with van der Waals surface area (Å²) in [5, 5.41) is 3.03. The fourth-order valence-corrected chi connectivity index (χ4v) is 5.21. The van der Waals surface area contributed by atoms with Crippen molar-refractivity contribution in [3.8, 4) is 11.5 Å². The molecule has 2 rings (SSSR count). The molecule has 1 N–H and O–H groups in total. The topological polar surface area (TPSA) is 84.9 Å². The minimum Gasteiger partial charge on any atom is -0.497 e. The molecule has 0 bridgehead atoms. The number of benzene rings is 2. The number of methoxy groups -OCH3 is 2. The zero-order chi connectivity index (χ0) is 24.9. The Morgan fingerprint density at radius 3 is 2.24 bits per heavy atom. The molecule has 0 fully saturated rings. The van der Waals surface area contributed by atoms with Gasteiger partial charge in [0.15, 0.2) is 0 Å². The zero-order valence-corrected chi connectivity index (χ0v) is 21.6. The summed E-state index contributed by atoms with van der Waals surface area (Å²) in [6.45, 7) is 9.85. The Morgan fingerprint density at radius 2 is 1.73 bits per heavy atom. The van der Waals surface area contributed by atoms with Crippen LogP contribution in [-0.4, -0.2) is 40.8 Å². The van der Waals surface area contributed by atoms with Crippen LogP contribution in [0.4, 0.5) is 5.69 Å². The van der Waals surface area contributed by atoms with Gasteiger partial charge >= 0.3 is 0 Å². The second kappa shape index (κ2) is 10.9. The third-order valence-electron chi connectivity index (χ3n) is 5.70. The summed E-state index contributed by atoms with van der Waals surface area (Å²) < 4.78 is 37.4. The highest BCUT2D eigenvalue weighted by atomic mass is 32.2. The second-order valence-electron chi connectivity index (χ2n) is 8.52. The van der Waals surface area contributed by atoms with Crippen LogP contribution in [0.2, 0.25) is 0 Å². The van der Waals surface area contributed by atoms with E-state index in [9.17, 15) is 13.2 Å². The predicted octanol–water partition coefficient (Wildman–Crippen LogP) is 4.56. The van der Waals surface area contributed by atoms with E-state index < -0.39 is 16.1 Å². The van der Waals surface area contributed by atoms with Gasteiger partial charge in [0.25, 0.3) is 0 Å². The first-order valence-electron chi connectivity index (χ1n) is 11.1. The van der Waals surface area contributed by atoms with Gasteiger partial charge in [-0.1, -0.05) is 26.8 Å². The number of nitrogens with one attached hydrogen (secondary N) is 1. The normalized spacial score (nSPS) is 13.4. The lowest BCUT2D eigenvalue weighted by molar-refractivity contribution is -0.122. The molecule has 0 spiro atoms. The second-order valence-corrected chi connectivity index (χ2v) is 10.4. The van der Waals surface area contributed by atoms with Gasteiger partial charge in [-0.25, -0.2) is 8.42 Å². The molecule has 0 heterocycles. The molecule has 182 valence electrons. The fraction of sp³-hybridized carbons (Fsp3) is 0.480. The van der Waals surface area contributed by atoms with Gasteiger partial charge in [0.1, 0.15) is 17.5 Å². The number of amides is 1. The lowest BCUT2D eigenvalue weighted by Gasteiger charge is -2.31. The Bertz CT molecular complexity index is 1080. The summed E-state index contributed by atoms with van der Waals surface area (Å²) in [5.41, 5.74) is 3.40. The molecule has 33 heavy (non-hydrogen) atoms. The van der Waals surface area contributed by atoms with Crippen LogP contribution in [0.1, 0.15) is 62.8 Å². The van der Waals surface area contributed by atoms with Crippen LogP contribution in [0.25, 0.3) is 0 Å². The van der Waals surface area contributed by atoms with E-state index in [0.717, 1.165) is 33.0 Å². The van der Waals surface area contributed by atoms with Crippen LogP contribution in [0.3, 0.4) is 0 Å². The summed E-state index contributed by atoms with van der Waals surface area (Å²) in [5.74, 6) is 1.22. The van der Waals surface area contributed by atoms with Crippen LogP contribution in [0, 0.1) is 6.92 Å². The molecule has 2 aromatic carbocycles. The molecular formula is C25H36N2O5S. The van der Waals surface area contributed by atoms with Crippen LogP contribution in [-0.2, 0) is 14.8 Å². The molecule has 2 atom stereocenters. The van der Waals surface area contributed by atoms with E-state index in [4.69, 9.17) is 9.47 Å². The number of carbonyl (C=O) groups excluding carboxylic acids is 1. The van der Waals surface area contributed by atoms with Crippen molar-refractivity contribution in [1.29, 1.82) is 0 Å².